The summed E-state index contributed by atoms with van der Waals surface area (Å²) in [5, 5.41) is 3.43. The van der Waals surface area contributed by atoms with Gasteiger partial charge in [0.25, 0.3) is 0 Å². The van der Waals surface area contributed by atoms with E-state index in [-0.39, 0.29) is 0 Å². The Hall–Kier alpha value is -1.81. The van der Waals surface area contributed by atoms with Gasteiger partial charge in [0.2, 0.25) is 0 Å². The largest absolute Gasteiger partial charge is 0.378 e. The van der Waals surface area contributed by atoms with Gasteiger partial charge in [0.05, 0.1) is 6.54 Å². The molecule has 0 amide bonds. The molecule has 1 aromatic heterocycles. The molecule has 0 spiro atoms. The molecular weight excluding hydrogens is 236 g/mol. The Kier molecular flexibility index (Phi) is 4.58. The first-order valence-electron chi connectivity index (χ1n) is 6.67. The summed E-state index contributed by atoms with van der Waals surface area (Å²) < 4.78 is 2.15. The van der Waals surface area contributed by atoms with Gasteiger partial charge >= 0.3 is 0 Å². The van der Waals surface area contributed by atoms with Gasteiger partial charge in [-0.05, 0) is 24.6 Å². The van der Waals surface area contributed by atoms with Gasteiger partial charge in [0, 0.05) is 45.3 Å². The molecule has 19 heavy (non-hydrogen) atoms. The Morgan fingerprint density at radius 3 is 2.53 bits per heavy atom. The minimum atomic E-state index is 0.802. The summed E-state index contributed by atoms with van der Waals surface area (Å²) in [6.45, 7) is 4.76. The summed E-state index contributed by atoms with van der Waals surface area (Å²) in [7, 11) is 4.11. The second kappa shape index (κ2) is 6.38. The summed E-state index contributed by atoms with van der Waals surface area (Å²) in [4.78, 5) is 6.46. The average Bonchev–Trinajstić information content (AvgIpc) is 2.87. The summed E-state index contributed by atoms with van der Waals surface area (Å²) >= 11 is 0. The average molecular weight is 258 g/mol. The summed E-state index contributed by atoms with van der Waals surface area (Å²) in [5.74, 6) is 1.09. The van der Waals surface area contributed by atoms with Gasteiger partial charge in [0.15, 0.2) is 0 Å². The van der Waals surface area contributed by atoms with Crippen LogP contribution in [0.3, 0.4) is 0 Å². The molecule has 1 aromatic carbocycles. The first-order valence-corrected chi connectivity index (χ1v) is 6.67. The van der Waals surface area contributed by atoms with Crippen molar-refractivity contribution in [2.45, 2.75) is 26.6 Å². The number of hydrogen-bond donors (Lipinski definition) is 1. The molecule has 2 aromatic rings. The Morgan fingerprint density at radius 2 is 1.89 bits per heavy atom. The monoisotopic (exact) mass is 258 g/mol. The highest BCUT2D eigenvalue weighted by Gasteiger charge is 2.01. The lowest BCUT2D eigenvalue weighted by atomic mass is 10.2. The van der Waals surface area contributed by atoms with Crippen LogP contribution in [-0.2, 0) is 19.6 Å². The zero-order valence-corrected chi connectivity index (χ0v) is 11.9. The molecule has 4 nitrogen and oxygen atoms in total. The number of nitrogens with one attached hydrogen (secondary N) is 1. The van der Waals surface area contributed by atoms with Gasteiger partial charge in [-0.15, -0.1) is 0 Å². The maximum atomic E-state index is 4.35. The van der Waals surface area contributed by atoms with E-state index in [4.69, 9.17) is 0 Å². The Morgan fingerprint density at radius 1 is 1.16 bits per heavy atom. The molecule has 0 aliphatic rings. The van der Waals surface area contributed by atoms with Crippen molar-refractivity contribution in [3.8, 4) is 0 Å². The van der Waals surface area contributed by atoms with Crippen LogP contribution in [0.5, 0.6) is 0 Å². The van der Waals surface area contributed by atoms with E-state index in [1.54, 1.807) is 0 Å². The van der Waals surface area contributed by atoms with Crippen LogP contribution < -0.4 is 10.2 Å². The van der Waals surface area contributed by atoms with Crippen molar-refractivity contribution in [2.24, 2.45) is 0 Å². The summed E-state index contributed by atoms with van der Waals surface area (Å²) in [6, 6.07) is 8.61. The van der Waals surface area contributed by atoms with Crippen molar-refractivity contribution in [1.29, 1.82) is 0 Å². The maximum absolute atomic E-state index is 4.35. The van der Waals surface area contributed by atoms with E-state index in [1.165, 1.54) is 11.3 Å². The molecule has 4 heteroatoms. The SMILES string of the molecule is CCn1ccnc1CNCc1ccc(N(C)C)cc1. The van der Waals surface area contributed by atoms with Crippen LogP contribution in [-0.4, -0.2) is 23.6 Å². The van der Waals surface area contributed by atoms with E-state index in [2.05, 4.69) is 65.1 Å². The zero-order chi connectivity index (χ0) is 13.7. The van der Waals surface area contributed by atoms with E-state index < -0.39 is 0 Å². The minimum Gasteiger partial charge on any atom is -0.378 e. The van der Waals surface area contributed by atoms with Crippen LogP contribution in [0.25, 0.3) is 0 Å². The third-order valence-electron chi connectivity index (χ3n) is 3.21. The standard InChI is InChI=1S/C15H22N4/c1-4-19-10-9-17-15(19)12-16-11-13-5-7-14(8-6-13)18(2)3/h5-10,16H,4,11-12H2,1-3H3. The fraction of sp³-hybridized carbons (Fsp3) is 0.400. The van der Waals surface area contributed by atoms with Crippen molar-refractivity contribution in [1.82, 2.24) is 14.9 Å². The van der Waals surface area contributed by atoms with Gasteiger partial charge in [-0.25, -0.2) is 4.98 Å². The predicted octanol–water partition coefficient (Wildman–Crippen LogP) is 2.26. The Balaban J connectivity index is 1.85. The van der Waals surface area contributed by atoms with Crippen LogP contribution in [0, 0.1) is 0 Å². The van der Waals surface area contributed by atoms with Crippen LogP contribution in [0.2, 0.25) is 0 Å². The molecule has 0 bridgehead atoms. The quantitative estimate of drug-likeness (QED) is 0.863. The zero-order valence-electron chi connectivity index (χ0n) is 11.9. The molecule has 102 valence electrons. The van der Waals surface area contributed by atoms with E-state index in [0.717, 1.165) is 25.5 Å². The number of aryl methyl sites for hydroxylation is 1. The van der Waals surface area contributed by atoms with Gasteiger partial charge in [-0.3, -0.25) is 0 Å². The number of benzene rings is 1. The van der Waals surface area contributed by atoms with Crippen molar-refractivity contribution in [3.63, 3.8) is 0 Å². The van der Waals surface area contributed by atoms with Crippen molar-refractivity contribution >= 4 is 5.69 Å². The highest BCUT2D eigenvalue weighted by Crippen LogP contribution is 2.12. The number of anilines is 1. The van der Waals surface area contributed by atoms with Crippen molar-refractivity contribution in [3.05, 3.63) is 48.0 Å². The van der Waals surface area contributed by atoms with Crippen molar-refractivity contribution < 1.29 is 0 Å². The second-order valence-electron chi connectivity index (χ2n) is 4.79. The molecule has 0 aliphatic heterocycles. The van der Waals surface area contributed by atoms with E-state index in [9.17, 15) is 0 Å². The van der Waals surface area contributed by atoms with Crippen molar-refractivity contribution in [2.75, 3.05) is 19.0 Å². The Bertz CT molecular complexity index is 499. The van der Waals surface area contributed by atoms with E-state index >= 15 is 0 Å². The van der Waals surface area contributed by atoms with Gasteiger partial charge in [-0.2, -0.15) is 0 Å². The van der Waals surface area contributed by atoms with E-state index in [0.29, 0.717) is 0 Å². The fourth-order valence-corrected chi connectivity index (χ4v) is 2.03. The summed E-state index contributed by atoms with van der Waals surface area (Å²) in [5.41, 5.74) is 2.52. The number of nitrogens with zero attached hydrogens (tertiary/aromatic N) is 3. The smallest absolute Gasteiger partial charge is 0.122 e. The van der Waals surface area contributed by atoms with Crippen LogP contribution >= 0.6 is 0 Å². The normalized spacial score (nSPS) is 10.7. The molecule has 0 fully saturated rings. The van der Waals surface area contributed by atoms with Gasteiger partial charge in [-0.1, -0.05) is 12.1 Å². The topological polar surface area (TPSA) is 33.1 Å². The van der Waals surface area contributed by atoms with Gasteiger partial charge in [0.1, 0.15) is 5.82 Å². The lowest BCUT2D eigenvalue weighted by molar-refractivity contribution is 0.613. The molecule has 0 aliphatic carbocycles. The second-order valence-corrected chi connectivity index (χ2v) is 4.79. The molecule has 0 saturated carbocycles. The van der Waals surface area contributed by atoms with Gasteiger partial charge < -0.3 is 14.8 Å². The first kappa shape index (κ1) is 13.6. The van der Waals surface area contributed by atoms with Crippen LogP contribution in [0.15, 0.2) is 36.7 Å². The van der Waals surface area contributed by atoms with Crippen LogP contribution in [0.4, 0.5) is 5.69 Å². The molecule has 1 N–H and O–H groups in total. The first-order chi connectivity index (χ1) is 9.20. The molecule has 0 radical (unpaired) electrons. The molecule has 0 unspecified atom stereocenters. The summed E-state index contributed by atoms with van der Waals surface area (Å²) in [6.07, 6.45) is 3.87. The minimum absolute atomic E-state index is 0.802. The Labute approximate surface area is 115 Å². The molecule has 1 heterocycles. The lowest BCUT2D eigenvalue weighted by Gasteiger charge is -2.13. The lowest BCUT2D eigenvalue weighted by Crippen LogP contribution is -2.16. The predicted molar refractivity (Wildman–Crippen MR) is 79.2 cm³/mol. The number of imidazole rings is 1. The highest BCUT2D eigenvalue weighted by molar-refractivity contribution is 5.45. The van der Waals surface area contributed by atoms with E-state index in [1.807, 2.05) is 12.4 Å². The number of aromatic nitrogens is 2. The molecule has 0 saturated heterocycles. The number of rotatable bonds is 6. The number of hydrogen-bond acceptors (Lipinski definition) is 3. The maximum Gasteiger partial charge on any atom is 0.122 e. The fourth-order valence-electron chi connectivity index (χ4n) is 2.03. The molecule has 2 rings (SSSR count). The van der Waals surface area contributed by atoms with Crippen LogP contribution in [0.1, 0.15) is 18.3 Å². The molecular formula is C15H22N4. The third kappa shape index (κ3) is 3.58. The molecule has 0 atom stereocenters. The highest BCUT2D eigenvalue weighted by atomic mass is 15.1. The third-order valence-corrected chi connectivity index (χ3v) is 3.21.